The van der Waals surface area contributed by atoms with Gasteiger partial charge >= 0.3 is 5.63 Å². The van der Waals surface area contributed by atoms with Gasteiger partial charge in [-0.15, -0.1) is 0 Å². The van der Waals surface area contributed by atoms with Crippen LogP contribution in [0.25, 0.3) is 11.0 Å². The molecule has 1 aliphatic heterocycles. The highest BCUT2D eigenvalue weighted by atomic mass is 16.5. The summed E-state index contributed by atoms with van der Waals surface area (Å²) < 4.78 is 17.8. The summed E-state index contributed by atoms with van der Waals surface area (Å²) in [7, 11) is 0. The largest absolute Gasteiger partial charge is 0.487 e. The van der Waals surface area contributed by atoms with Crippen LogP contribution in [0, 0.1) is 13.8 Å². The molecule has 2 amide bonds. The van der Waals surface area contributed by atoms with Crippen LogP contribution in [-0.4, -0.2) is 24.0 Å². The lowest BCUT2D eigenvalue weighted by Crippen LogP contribution is -2.32. The first kappa shape index (κ1) is 23.4. The minimum absolute atomic E-state index is 0.170. The predicted octanol–water partition coefficient (Wildman–Crippen LogP) is 4.49. The Bertz CT molecular complexity index is 1340. The van der Waals surface area contributed by atoms with E-state index in [1.807, 2.05) is 20.8 Å². The Morgan fingerprint density at radius 2 is 1.71 bits per heavy atom. The second-order valence-corrected chi connectivity index (χ2v) is 9.15. The number of aryl methyl sites for hydroxylation is 2. The quantitative estimate of drug-likeness (QED) is 0.539. The second-order valence-electron chi connectivity index (χ2n) is 9.15. The summed E-state index contributed by atoms with van der Waals surface area (Å²) >= 11 is 0. The molecule has 2 N–H and O–H groups in total. The molecule has 0 fully saturated rings. The number of nitrogens with one attached hydrogen (secondary N) is 2. The summed E-state index contributed by atoms with van der Waals surface area (Å²) in [5.41, 5.74) is 2.99. The molecule has 8 nitrogen and oxygen atoms in total. The van der Waals surface area contributed by atoms with Crippen molar-refractivity contribution in [1.29, 1.82) is 0 Å². The highest BCUT2D eigenvalue weighted by molar-refractivity contribution is 5.95. The van der Waals surface area contributed by atoms with Crippen molar-refractivity contribution in [2.75, 3.05) is 17.2 Å². The Morgan fingerprint density at radius 1 is 1.06 bits per heavy atom. The highest BCUT2D eigenvalue weighted by Gasteiger charge is 2.31. The molecule has 0 atom stereocenters. The summed E-state index contributed by atoms with van der Waals surface area (Å²) in [6.45, 7) is 8.74. The number of ether oxygens (including phenoxy) is 2. The molecule has 0 saturated carbocycles. The molecule has 0 aliphatic carbocycles. The first-order valence-electron chi connectivity index (χ1n) is 11.1. The summed E-state index contributed by atoms with van der Waals surface area (Å²) in [5.74, 6) is 0.494. The standard InChI is InChI=1S/C26H28N2O6/c1-14-15(2)25(31)33-24-19-10-11-26(4,5)34-20(19)12-21(23(14)24)32-13-22(30)28-18-8-6-17(7-9-18)27-16(3)29/h6-9,12H,10-11,13H2,1-5H3,(H,27,29)(H,28,30). The Morgan fingerprint density at radius 3 is 2.35 bits per heavy atom. The van der Waals surface area contributed by atoms with Crippen LogP contribution < -0.4 is 25.7 Å². The van der Waals surface area contributed by atoms with Gasteiger partial charge in [0.1, 0.15) is 22.7 Å². The average Bonchev–Trinajstić information content (AvgIpc) is 2.76. The summed E-state index contributed by atoms with van der Waals surface area (Å²) in [6.07, 6.45) is 1.49. The van der Waals surface area contributed by atoms with Crippen molar-refractivity contribution < 1.29 is 23.5 Å². The smallest absolute Gasteiger partial charge is 0.339 e. The molecule has 0 radical (unpaired) electrons. The van der Waals surface area contributed by atoms with Gasteiger partial charge in [0.05, 0.1) is 5.39 Å². The van der Waals surface area contributed by atoms with Gasteiger partial charge in [0, 0.05) is 35.5 Å². The molecule has 1 aliphatic rings. The van der Waals surface area contributed by atoms with Crippen molar-refractivity contribution in [3.63, 3.8) is 0 Å². The van der Waals surface area contributed by atoms with E-state index in [9.17, 15) is 14.4 Å². The van der Waals surface area contributed by atoms with Crippen molar-refractivity contribution in [3.05, 3.63) is 57.4 Å². The van der Waals surface area contributed by atoms with Crippen molar-refractivity contribution in [3.8, 4) is 11.5 Å². The summed E-state index contributed by atoms with van der Waals surface area (Å²) in [4.78, 5) is 36.1. The monoisotopic (exact) mass is 464 g/mol. The van der Waals surface area contributed by atoms with Crippen molar-refractivity contribution in [2.45, 2.75) is 53.1 Å². The zero-order chi connectivity index (χ0) is 24.6. The Labute approximate surface area is 197 Å². The fourth-order valence-electron chi connectivity index (χ4n) is 4.03. The van der Waals surface area contributed by atoms with Gasteiger partial charge in [-0.25, -0.2) is 4.79 Å². The van der Waals surface area contributed by atoms with Gasteiger partial charge in [0.15, 0.2) is 6.61 Å². The molecule has 34 heavy (non-hydrogen) atoms. The van der Waals surface area contributed by atoms with Crippen LogP contribution in [0.2, 0.25) is 0 Å². The molecule has 178 valence electrons. The number of hydrogen-bond acceptors (Lipinski definition) is 6. The third-order valence-corrected chi connectivity index (χ3v) is 5.96. The van der Waals surface area contributed by atoms with Crippen LogP contribution in [0.3, 0.4) is 0 Å². The molecule has 0 bridgehead atoms. The summed E-state index contributed by atoms with van der Waals surface area (Å²) in [6, 6.07) is 8.55. The molecule has 2 aromatic carbocycles. The molecule has 2 heterocycles. The van der Waals surface area contributed by atoms with Gasteiger partial charge in [-0.05, 0) is 70.4 Å². The Balaban J connectivity index is 1.60. The first-order valence-corrected chi connectivity index (χ1v) is 11.1. The Hall–Kier alpha value is -3.81. The van der Waals surface area contributed by atoms with Crippen LogP contribution in [0.4, 0.5) is 11.4 Å². The van der Waals surface area contributed by atoms with Gasteiger partial charge in [0.25, 0.3) is 5.91 Å². The number of rotatable bonds is 5. The van der Waals surface area contributed by atoms with E-state index in [1.54, 1.807) is 37.3 Å². The predicted molar refractivity (Wildman–Crippen MR) is 130 cm³/mol. The molecular formula is C26H28N2O6. The third-order valence-electron chi connectivity index (χ3n) is 5.96. The zero-order valence-corrected chi connectivity index (χ0v) is 20.0. The highest BCUT2D eigenvalue weighted by Crippen LogP contribution is 2.43. The first-order chi connectivity index (χ1) is 16.0. The van der Waals surface area contributed by atoms with Gasteiger partial charge in [-0.1, -0.05) is 0 Å². The fraction of sp³-hybridized carbons (Fsp3) is 0.346. The van der Waals surface area contributed by atoms with E-state index in [1.165, 1.54) is 6.92 Å². The van der Waals surface area contributed by atoms with Gasteiger partial charge in [-0.2, -0.15) is 0 Å². The zero-order valence-electron chi connectivity index (χ0n) is 20.0. The van der Waals surface area contributed by atoms with Gasteiger partial charge in [0.2, 0.25) is 5.91 Å². The van der Waals surface area contributed by atoms with Crippen LogP contribution in [0.1, 0.15) is 43.9 Å². The number of hydrogen-bond donors (Lipinski definition) is 2. The molecule has 4 rings (SSSR count). The molecule has 3 aromatic rings. The molecule has 0 unspecified atom stereocenters. The lowest BCUT2D eigenvalue weighted by Gasteiger charge is -2.33. The second kappa shape index (κ2) is 8.85. The molecule has 8 heteroatoms. The van der Waals surface area contributed by atoms with E-state index < -0.39 is 5.63 Å². The SMILES string of the molecule is CC(=O)Nc1ccc(NC(=O)COc2cc3c(c4oc(=O)c(C)c(C)c24)CCC(C)(C)O3)cc1. The summed E-state index contributed by atoms with van der Waals surface area (Å²) in [5, 5.41) is 6.12. The Kier molecular flexibility index (Phi) is 6.08. The van der Waals surface area contributed by atoms with E-state index in [0.717, 1.165) is 17.5 Å². The van der Waals surface area contributed by atoms with E-state index >= 15 is 0 Å². The maximum absolute atomic E-state index is 12.6. The van der Waals surface area contributed by atoms with Crippen molar-refractivity contribution >= 4 is 34.2 Å². The fourth-order valence-corrected chi connectivity index (χ4v) is 4.03. The lowest BCUT2D eigenvalue weighted by atomic mass is 9.92. The third kappa shape index (κ3) is 4.76. The van der Waals surface area contributed by atoms with Crippen LogP contribution in [0.5, 0.6) is 11.5 Å². The number of carbonyl (C=O) groups is 2. The number of carbonyl (C=O) groups excluding carboxylic acids is 2. The number of benzene rings is 2. The molecular weight excluding hydrogens is 436 g/mol. The average molecular weight is 465 g/mol. The topological polar surface area (TPSA) is 107 Å². The van der Waals surface area contributed by atoms with Crippen molar-refractivity contribution in [1.82, 2.24) is 0 Å². The minimum atomic E-state index is -0.394. The van der Waals surface area contributed by atoms with Gasteiger partial charge < -0.3 is 24.5 Å². The van der Waals surface area contributed by atoms with E-state index in [2.05, 4.69) is 10.6 Å². The maximum Gasteiger partial charge on any atom is 0.339 e. The van der Waals surface area contributed by atoms with Crippen LogP contribution in [0.15, 0.2) is 39.5 Å². The van der Waals surface area contributed by atoms with E-state index in [-0.39, 0.29) is 24.0 Å². The van der Waals surface area contributed by atoms with Crippen LogP contribution >= 0.6 is 0 Å². The lowest BCUT2D eigenvalue weighted by molar-refractivity contribution is -0.118. The molecule has 0 spiro atoms. The van der Waals surface area contributed by atoms with Crippen LogP contribution in [-0.2, 0) is 16.0 Å². The minimum Gasteiger partial charge on any atom is -0.487 e. The molecule has 1 aromatic heterocycles. The van der Waals surface area contributed by atoms with Gasteiger partial charge in [-0.3, -0.25) is 9.59 Å². The van der Waals surface area contributed by atoms with E-state index in [0.29, 0.717) is 45.8 Å². The van der Waals surface area contributed by atoms with Crippen molar-refractivity contribution in [2.24, 2.45) is 0 Å². The normalized spacial score (nSPS) is 14.1. The number of anilines is 2. The number of amides is 2. The maximum atomic E-state index is 12.6. The molecule has 0 saturated heterocycles. The number of fused-ring (bicyclic) bond motifs is 3. The van der Waals surface area contributed by atoms with E-state index in [4.69, 9.17) is 13.9 Å².